The summed E-state index contributed by atoms with van der Waals surface area (Å²) < 4.78 is 6.39. The summed E-state index contributed by atoms with van der Waals surface area (Å²) in [5, 5.41) is 3.03. The Bertz CT molecular complexity index is 1080. The van der Waals surface area contributed by atoms with E-state index in [9.17, 15) is 14.4 Å². The van der Waals surface area contributed by atoms with Crippen LogP contribution in [0.1, 0.15) is 76.1 Å². The largest absolute Gasteiger partial charge is 0.469 e. The van der Waals surface area contributed by atoms with Crippen LogP contribution in [0.2, 0.25) is 0 Å². The molecule has 2 aromatic heterocycles. The molecule has 8 heteroatoms. The Morgan fingerprint density at radius 2 is 2.00 bits per heavy atom. The van der Waals surface area contributed by atoms with E-state index in [2.05, 4.69) is 22.1 Å². The maximum absolute atomic E-state index is 13.6. The van der Waals surface area contributed by atoms with E-state index in [4.69, 9.17) is 4.74 Å². The Kier molecular flexibility index (Phi) is 9.07. The van der Waals surface area contributed by atoms with Crippen LogP contribution in [0.3, 0.4) is 0 Å². The number of aromatic nitrogens is 2. The van der Waals surface area contributed by atoms with Gasteiger partial charge in [-0.25, -0.2) is 0 Å². The Morgan fingerprint density at radius 3 is 2.66 bits per heavy atom. The molecule has 0 aliphatic carbocycles. The molecule has 0 radical (unpaired) electrons. The van der Waals surface area contributed by atoms with Crippen molar-refractivity contribution in [3.8, 4) is 0 Å². The molecule has 3 atom stereocenters. The molecule has 3 rings (SSSR count). The average Bonchev–Trinajstić information content (AvgIpc) is 2.82. The zero-order chi connectivity index (χ0) is 25.5. The van der Waals surface area contributed by atoms with Gasteiger partial charge in [0.25, 0.3) is 5.56 Å². The summed E-state index contributed by atoms with van der Waals surface area (Å²) in [5.41, 5.74) is 2.33. The quantitative estimate of drug-likeness (QED) is 0.544. The summed E-state index contributed by atoms with van der Waals surface area (Å²) >= 11 is 0. The average molecular weight is 483 g/mol. The summed E-state index contributed by atoms with van der Waals surface area (Å²) in [5.74, 6) is -0.557. The lowest BCUT2D eigenvalue weighted by molar-refractivity contribution is -0.141. The summed E-state index contributed by atoms with van der Waals surface area (Å²) in [6.45, 7) is 9.03. The summed E-state index contributed by atoms with van der Waals surface area (Å²) in [6, 6.07) is 4.43. The Labute approximate surface area is 207 Å². The highest BCUT2D eigenvalue weighted by molar-refractivity contribution is 5.81. The van der Waals surface area contributed by atoms with E-state index in [0.717, 1.165) is 36.2 Å². The normalized spacial score (nSPS) is 17.7. The van der Waals surface area contributed by atoms with Crippen LogP contribution >= 0.6 is 0 Å². The van der Waals surface area contributed by atoms with Gasteiger partial charge in [0.05, 0.1) is 31.5 Å². The van der Waals surface area contributed by atoms with Crippen LogP contribution in [0, 0.1) is 12.8 Å². The van der Waals surface area contributed by atoms with Gasteiger partial charge in [0.1, 0.15) is 6.04 Å². The SMILES string of the molecule is COC(=O)C[C@@H](NC(=O)C(CC(C)C)n1ccc(C)cc1=O)c1cncc(N2CCCC[C@@H]2C)c1. The standard InChI is InChI=1S/C27H38N4O4/c1-18(2)12-24(31-11-9-19(3)13-25(31)32)27(34)29-23(15-26(33)35-5)21-14-22(17-28-16-21)30-10-7-6-8-20(30)4/h9,11,13-14,16-18,20,23-24H,6-8,10,12,15H2,1-5H3,(H,29,34)/t20-,23+,24?/m0/s1. The van der Waals surface area contributed by atoms with Gasteiger partial charge in [0, 0.05) is 31.0 Å². The summed E-state index contributed by atoms with van der Waals surface area (Å²) in [4.78, 5) is 45.3. The number of methoxy groups -OCH3 is 1. The van der Waals surface area contributed by atoms with Gasteiger partial charge in [-0.15, -0.1) is 0 Å². The third kappa shape index (κ3) is 6.93. The fraction of sp³-hybridized carbons (Fsp3) is 0.556. The second-order valence-electron chi connectivity index (χ2n) is 9.95. The van der Waals surface area contributed by atoms with E-state index in [0.29, 0.717) is 12.5 Å². The molecule has 0 bridgehead atoms. The number of rotatable bonds is 9. The zero-order valence-electron chi connectivity index (χ0n) is 21.5. The fourth-order valence-electron chi connectivity index (χ4n) is 4.68. The third-order valence-corrected chi connectivity index (χ3v) is 6.63. The Morgan fingerprint density at radius 1 is 1.23 bits per heavy atom. The first-order valence-corrected chi connectivity index (χ1v) is 12.5. The van der Waals surface area contributed by atoms with Crippen molar-refractivity contribution in [3.63, 3.8) is 0 Å². The van der Waals surface area contributed by atoms with Crippen molar-refractivity contribution in [2.75, 3.05) is 18.6 Å². The molecule has 0 saturated carbocycles. The van der Waals surface area contributed by atoms with Gasteiger partial charge in [0.2, 0.25) is 5.91 Å². The van der Waals surface area contributed by atoms with Crippen LogP contribution in [-0.4, -0.2) is 41.1 Å². The van der Waals surface area contributed by atoms with Gasteiger partial charge in [-0.1, -0.05) is 13.8 Å². The van der Waals surface area contributed by atoms with Crippen molar-refractivity contribution < 1.29 is 14.3 Å². The van der Waals surface area contributed by atoms with Crippen LogP contribution in [0.25, 0.3) is 0 Å². The number of amides is 1. The molecule has 3 heterocycles. The van der Waals surface area contributed by atoms with E-state index in [-0.39, 0.29) is 23.8 Å². The first-order valence-electron chi connectivity index (χ1n) is 12.5. The number of carbonyl (C=O) groups excluding carboxylic acids is 2. The number of aryl methyl sites for hydroxylation is 1. The molecule has 0 spiro atoms. The number of ether oxygens (including phenoxy) is 1. The number of anilines is 1. The smallest absolute Gasteiger partial charge is 0.307 e. The van der Waals surface area contributed by atoms with Crippen molar-refractivity contribution >= 4 is 17.6 Å². The predicted octanol–water partition coefficient (Wildman–Crippen LogP) is 3.94. The topological polar surface area (TPSA) is 93.5 Å². The van der Waals surface area contributed by atoms with E-state index in [1.165, 1.54) is 24.2 Å². The highest BCUT2D eigenvalue weighted by atomic mass is 16.5. The van der Waals surface area contributed by atoms with Gasteiger partial charge in [-0.3, -0.25) is 19.4 Å². The monoisotopic (exact) mass is 482 g/mol. The Hall–Kier alpha value is -3.16. The van der Waals surface area contributed by atoms with Crippen molar-refractivity contribution in [2.24, 2.45) is 5.92 Å². The molecule has 1 amide bonds. The van der Waals surface area contributed by atoms with Crippen molar-refractivity contribution in [1.82, 2.24) is 14.9 Å². The minimum Gasteiger partial charge on any atom is -0.469 e. The highest BCUT2D eigenvalue weighted by Crippen LogP contribution is 2.28. The molecule has 1 unspecified atom stereocenters. The van der Waals surface area contributed by atoms with Crippen LogP contribution in [-0.2, 0) is 14.3 Å². The molecule has 1 fully saturated rings. The van der Waals surface area contributed by atoms with Crippen molar-refractivity contribution in [3.05, 3.63) is 58.3 Å². The lowest BCUT2D eigenvalue weighted by atomic mass is 9.99. The van der Waals surface area contributed by atoms with Crippen LogP contribution in [0.15, 0.2) is 41.6 Å². The minimum absolute atomic E-state index is 0.0277. The second-order valence-corrected chi connectivity index (χ2v) is 9.95. The molecule has 1 N–H and O–H groups in total. The molecule has 2 aromatic rings. The van der Waals surface area contributed by atoms with E-state index in [1.54, 1.807) is 12.4 Å². The number of hydrogen-bond acceptors (Lipinski definition) is 6. The molecule has 0 aromatic carbocycles. The fourth-order valence-corrected chi connectivity index (χ4v) is 4.68. The van der Waals surface area contributed by atoms with Crippen LogP contribution in [0.5, 0.6) is 0 Å². The van der Waals surface area contributed by atoms with Crippen LogP contribution < -0.4 is 15.8 Å². The number of pyridine rings is 2. The van der Waals surface area contributed by atoms with Gasteiger partial charge < -0.3 is 19.5 Å². The summed E-state index contributed by atoms with van der Waals surface area (Å²) in [7, 11) is 1.33. The number of nitrogens with zero attached hydrogens (tertiary/aromatic N) is 3. The molecule has 1 saturated heterocycles. The Balaban J connectivity index is 1.92. The first-order chi connectivity index (χ1) is 16.7. The molecule has 190 valence electrons. The molecule has 1 aliphatic heterocycles. The lowest BCUT2D eigenvalue weighted by Crippen LogP contribution is -2.40. The van der Waals surface area contributed by atoms with E-state index < -0.39 is 18.1 Å². The first kappa shape index (κ1) is 26.4. The minimum atomic E-state index is -0.693. The maximum atomic E-state index is 13.6. The molecule has 1 aliphatic rings. The van der Waals surface area contributed by atoms with Crippen molar-refractivity contribution in [2.45, 2.75) is 77.9 Å². The second kappa shape index (κ2) is 12.0. The third-order valence-electron chi connectivity index (χ3n) is 6.63. The number of piperidine rings is 1. The van der Waals surface area contributed by atoms with Crippen molar-refractivity contribution in [1.29, 1.82) is 0 Å². The number of nitrogens with one attached hydrogen (secondary N) is 1. The summed E-state index contributed by atoms with van der Waals surface area (Å²) in [6.07, 6.45) is 9.09. The molecule has 35 heavy (non-hydrogen) atoms. The van der Waals surface area contributed by atoms with Gasteiger partial charge in [-0.2, -0.15) is 0 Å². The van der Waals surface area contributed by atoms with E-state index in [1.807, 2.05) is 39.1 Å². The highest BCUT2D eigenvalue weighted by Gasteiger charge is 2.28. The zero-order valence-corrected chi connectivity index (χ0v) is 21.5. The molecule has 8 nitrogen and oxygen atoms in total. The number of esters is 1. The molecular weight excluding hydrogens is 444 g/mol. The maximum Gasteiger partial charge on any atom is 0.307 e. The van der Waals surface area contributed by atoms with Gasteiger partial charge >= 0.3 is 5.97 Å². The van der Waals surface area contributed by atoms with Gasteiger partial charge in [-0.05, 0) is 68.7 Å². The van der Waals surface area contributed by atoms with Crippen LogP contribution in [0.4, 0.5) is 5.69 Å². The van der Waals surface area contributed by atoms with E-state index >= 15 is 0 Å². The number of hydrogen-bond donors (Lipinski definition) is 1. The predicted molar refractivity (Wildman–Crippen MR) is 136 cm³/mol. The number of carbonyl (C=O) groups is 2. The van der Waals surface area contributed by atoms with Gasteiger partial charge in [0.15, 0.2) is 0 Å². The lowest BCUT2D eigenvalue weighted by Gasteiger charge is -2.35. The molecular formula is C27H38N4O4.